The molecule has 4 rings (SSSR count). The fraction of sp³-hybridized carbons (Fsp3) is 0.409. The van der Waals surface area contributed by atoms with Crippen molar-refractivity contribution in [2.24, 2.45) is 0 Å². The van der Waals surface area contributed by atoms with Gasteiger partial charge in [-0.3, -0.25) is 9.20 Å². The second-order valence-corrected chi connectivity index (χ2v) is 8.85. The van der Waals surface area contributed by atoms with E-state index >= 15 is 0 Å². The summed E-state index contributed by atoms with van der Waals surface area (Å²) in [5.41, 5.74) is 3.57. The number of hydrogen-bond donors (Lipinski definition) is 1. The fourth-order valence-electron chi connectivity index (χ4n) is 3.69. The minimum absolute atomic E-state index is 0.183. The molecule has 6 nitrogen and oxygen atoms in total. The highest BCUT2D eigenvalue weighted by Crippen LogP contribution is 2.17. The highest BCUT2D eigenvalue weighted by Gasteiger charge is 2.24. The molecule has 1 aromatic carbocycles. The maximum atomic E-state index is 12.6. The molecule has 29 heavy (non-hydrogen) atoms. The van der Waals surface area contributed by atoms with E-state index in [1.54, 1.807) is 4.90 Å². The summed E-state index contributed by atoms with van der Waals surface area (Å²) in [6.45, 7) is 9.10. The van der Waals surface area contributed by atoms with Gasteiger partial charge in [0, 0.05) is 11.8 Å². The summed E-state index contributed by atoms with van der Waals surface area (Å²) in [6, 6.07) is 14.8. The van der Waals surface area contributed by atoms with Gasteiger partial charge in [0.25, 0.3) is 0 Å². The Hall–Kier alpha value is -2.38. The van der Waals surface area contributed by atoms with Crippen LogP contribution < -0.4 is 4.90 Å². The maximum Gasteiger partial charge on any atom is 0.233 e. The molecule has 0 spiro atoms. The van der Waals surface area contributed by atoms with Gasteiger partial charge in [-0.25, -0.2) is 0 Å². The summed E-state index contributed by atoms with van der Waals surface area (Å²) in [6.07, 6.45) is 1.93. The zero-order valence-corrected chi connectivity index (χ0v) is 17.9. The van der Waals surface area contributed by atoms with Crippen LogP contribution in [-0.2, 0) is 11.3 Å². The summed E-state index contributed by atoms with van der Waals surface area (Å²) in [5.74, 6) is 1.16. The number of aromatic nitrogens is 3. The van der Waals surface area contributed by atoms with E-state index in [4.69, 9.17) is 0 Å². The number of quaternary nitrogens is 1. The van der Waals surface area contributed by atoms with Crippen LogP contribution in [0.15, 0.2) is 53.8 Å². The van der Waals surface area contributed by atoms with Crippen molar-refractivity contribution < 1.29 is 9.69 Å². The molecule has 1 saturated heterocycles. The Balaban J connectivity index is 1.25. The molecule has 1 amide bonds. The van der Waals surface area contributed by atoms with Crippen molar-refractivity contribution in [3.05, 3.63) is 59.8 Å². The summed E-state index contributed by atoms with van der Waals surface area (Å²) in [4.78, 5) is 16.2. The Labute approximate surface area is 175 Å². The minimum atomic E-state index is 0.183. The lowest BCUT2D eigenvalue weighted by Gasteiger charge is -2.32. The molecule has 2 aromatic heterocycles. The van der Waals surface area contributed by atoms with Crippen molar-refractivity contribution in [2.45, 2.75) is 31.5 Å². The molecule has 1 aliphatic rings. The Kier molecular flexibility index (Phi) is 6.16. The third-order valence-corrected chi connectivity index (χ3v) is 6.46. The molecule has 0 aliphatic carbocycles. The zero-order valence-electron chi connectivity index (χ0n) is 17.0. The lowest BCUT2D eigenvalue weighted by molar-refractivity contribution is -0.917. The van der Waals surface area contributed by atoms with Crippen molar-refractivity contribution in [3.63, 3.8) is 0 Å². The molecular formula is C22H28N5OS+. The number of benzene rings is 1. The third-order valence-electron chi connectivity index (χ3n) is 5.53. The Morgan fingerprint density at radius 3 is 2.59 bits per heavy atom. The van der Waals surface area contributed by atoms with E-state index in [9.17, 15) is 4.79 Å². The molecule has 0 bridgehead atoms. The van der Waals surface area contributed by atoms with Gasteiger partial charge >= 0.3 is 0 Å². The second kappa shape index (κ2) is 8.97. The number of nitrogens with zero attached hydrogens (tertiary/aromatic N) is 4. The number of carbonyl (C=O) groups is 1. The average Bonchev–Trinajstić information content (AvgIpc) is 3.16. The molecule has 0 saturated carbocycles. The number of pyridine rings is 1. The highest BCUT2D eigenvalue weighted by molar-refractivity contribution is 7.99. The molecule has 1 fully saturated rings. The van der Waals surface area contributed by atoms with Crippen molar-refractivity contribution in [1.82, 2.24) is 19.5 Å². The van der Waals surface area contributed by atoms with Gasteiger partial charge in [-0.05, 0) is 23.6 Å². The quantitative estimate of drug-likeness (QED) is 0.631. The normalized spacial score (nSPS) is 15.3. The van der Waals surface area contributed by atoms with Crippen LogP contribution in [0.2, 0.25) is 0 Å². The summed E-state index contributed by atoms with van der Waals surface area (Å²) in [5, 5.41) is 9.09. The van der Waals surface area contributed by atoms with Crippen molar-refractivity contribution in [2.75, 3.05) is 31.9 Å². The monoisotopic (exact) mass is 410 g/mol. The van der Waals surface area contributed by atoms with Gasteiger partial charge in [0.1, 0.15) is 6.54 Å². The highest BCUT2D eigenvalue weighted by atomic mass is 32.2. The van der Waals surface area contributed by atoms with Crippen LogP contribution in [0, 0.1) is 0 Å². The first-order valence-electron chi connectivity index (χ1n) is 10.2. The van der Waals surface area contributed by atoms with E-state index in [0.29, 0.717) is 11.7 Å². The predicted molar refractivity (Wildman–Crippen MR) is 115 cm³/mol. The van der Waals surface area contributed by atoms with Gasteiger partial charge in [-0.1, -0.05) is 55.9 Å². The second-order valence-electron chi connectivity index (χ2n) is 7.90. The molecule has 7 heteroatoms. The Morgan fingerprint density at radius 1 is 1.10 bits per heavy atom. The number of hydrogen-bond acceptors (Lipinski definition) is 4. The first-order valence-corrected chi connectivity index (χ1v) is 11.2. The van der Waals surface area contributed by atoms with Gasteiger partial charge in [0.05, 0.1) is 31.9 Å². The van der Waals surface area contributed by atoms with E-state index in [1.165, 1.54) is 22.9 Å². The lowest BCUT2D eigenvalue weighted by atomic mass is 10.0. The molecular weight excluding hydrogens is 382 g/mol. The Bertz CT molecular complexity index is 961. The van der Waals surface area contributed by atoms with Gasteiger partial charge in [-0.2, -0.15) is 0 Å². The molecule has 0 radical (unpaired) electrons. The summed E-state index contributed by atoms with van der Waals surface area (Å²) < 4.78 is 1.92. The molecule has 1 N–H and O–H groups in total. The van der Waals surface area contributed by atoms with Gasteiger partial charge < -0.3 is 9.80 Å². The summed E-state index contributed by atoms with van der Waals surface area (Å²) >= 11 is 1.46. The molecule has 0 atom stereocenters. The van der Waals surface area contributed by atoms with Crippen LogP contribution in [0.4, 0.5) is 0 Å². The van der Waals surface area contributed by atoms with Crippen molar-refractivity contribution in [3.8, 4) is 0 Å². The van der Waals surface area contributed by atoms with Crippen LogP contribution in [0.3, 0.4) is 0 Å². The van der Waals surface area contributed by atoms with Gasteiger partial charge in [0.15, 0.2) is 10.8 Å². The fourth-order valence-corrected chi connectivity index (χ4v) is 4.52. The molecule has 152 valence electrons. The van der Waals surface area contributed by atoms with Crippen molar-refractivity contribution in [1.29, 1.82) is 0 Å². The largest absolute Gasteiger partial charge is 0.331 e. The van der Waals surface area contributed by atoms with Crippen LogP contribution in [0.5, 0.6) is 0 Å². The van der Waals surface area contributed by atoms with E-state index < -0.39 is 0 Å². The first-order chi connectivity index (χ1) is 14.1. The molecule has 0 unspecified atom stereocenters. The zero-order chi connectivity index (χ0) is 20.2. The van der Waals surface area contributed by atoms with E-state index in [-0.39, 0.29) is 5.91 Å². The number of carbonyl (C=O) groups excluding carboxylic acids is 1. The number of amides is 1. The van der Waals surface area contributed by atoms with E-state index in [0.717, 1.165) is 43.5 Å². The molecule has 1 aliphatic heterocycles. The van der Waals surface area contributed by atoms with Crippen LogP contribution in [-0.4, -0.2) is 57.3 Å². The van der Waals surface area contributed by atoms with Crippen LogP contribution in [0.25, 0.3) is 5.65 Å². The average molecular weight is 411 g/mol. The van der Waals surface area contributed by atoms with Crippen LogP contribution >= 0.6 is 11.8 Å². The third kappa shape index (κ3) is 4.79. The molecule has 3 aromatic rings. The number of piperazine rings is 1. The van der Waals surface area contributed by atoms with E-state index in [2.05, 4.69) is 48.3 Å². The SMILES string of the molecule is CC(C)c1ccc(C[NH+]2CCN(C(=O)CSc3nnc4ccccn34)CC2)cc1. The minimum Gasteiger partial charge on any atom is -0.331 e. The topological polar surface area (TPSA) is 54.9 Å². The van der Waals surface area contributed by atoms with E-state index in [1.807, 2.05) is 33.7 Å². The Morgan fingerprint density at radius 2 is 1.86 bits per heavy atom. The first kappa shape index (κ1) is 19.9. The number of fused-ring (bicyclic) bond motifs is 1. The van der Waals surface area contributed by atoms with Crippen molar-refractivity contribution >= 4 is 23.3 Å². The number of thioether (sulfide) groups is 1. The van der Waals surface area contributed by atoms with Gasteiger partial charge in [-0.15, -0.1) is 10.2 Å². The summed E-state index contributed by atoms with van der Waals surface area (Å²) in [7, 11) is 0. The smallest absolute Gasteiger partial charge is 0.233 e. The number of rotatable bonds is 6. The van der Waals surface area contributed by atoms with Gasteiger partial charge in [0.2, 0.25) is 5.91 Å². The lowest BCUT2D eigenvalue weighted by Crippen LogP contribution is -3.13. The maximum absolute atomic E-state index is 12.6. The number of nitrogens with one attached hydrogen (secondary N) is 1. The molecule has 3 heterocycles. The standard InChI is InChI=1S/C22H27N5OS/c1-17(2)19-8-6-18(7-9-19)15-25-11-13-26(14-12-25)21(28)16-29-22-24-23-20-5-3-4-10-27(20)22/h3-10,17H,11-16H2,1-2H3/p+1. The van der Waals surface area contributed by atoms with Crippen LogP contribution in [0.1, 0.15) is 30.9 Å². The predicted octanol–water partition coefficient (Wildman–Crippen LogP) is 1.87.